The number of nitrogens with zero attached hydrogens (tertiary/aromatic N) is 2. The number of aromatic nitrogens is 2. The number of para-hydroxylation sites is 1. The van der Waals surface area contributed by atoms with E-state index >= 15 is 0 Å². The van der Waals surface area contributed by atoms with Crippen molar-refractivity contribution in [3.05, 3.63) is 95.2 Å². The maximum Gasteiger partial charge on any atom is 0.291 e. The first-order valence-electron chi connectivity index (χ1n) is 9.66. The van der Waals surface area contributed by atoms with E-state index in [9.17, 15) is 9.59 Å². The van der Waals surface area contributed by atoms with E-state index in [4.69, 9.17) is 20.8 Å². The Bertz CT molecular complexity index is 1260. The van der Waals surface area contributed by atoms with Crippen molar-refractivity contribution in [1.82, 2.24) is 9.78 Å². The van der Waals surface area contributed by atoms with Gasteiger partial charge in [0.2, 0.25) is 0 Å². The lowest BCUT2D eigenvalue weighted by molar-refractivity contribution is 0.0991. The molecule has 32 heavy (non-hydrogen) atoms. The van der Waals surface area contributed by atoms with E-state index in [1.54, 1.807) is 72.5 Å². The van der Waals surface area contributed by atoms with Crippen molar-refractivity contribution in [2.24, 2.45) is 7.05 Å². The van der Waals surface area contributed by atoms with E-state index in [0.717, 1.165) is 0 Å². The highest BCUT2D eigenvalue weighted by molar-refractivity contribution is 6.32. The van der Waals surface area contributed by atoms with Crippen LogP contribution in [-0.2, 0) is 13.7 Å². The van der Waals surface area contributed by atoms with Crippen molar-refractivity contribution < 1.29 is 18.7 Å². The minimum absolute atomic E-state index is 0.130. The molecule has 2 aromatic heterocycles. The Morgan fingerprint density at radius 3 is 2.47 bits per heavy atom. The normalized spacial score (nSPS) is 10.6. The van der Waals surface area contributed by atoms with Crippen molar-refractivity contribution in [2.45, 2.75) is 6.61 Å². The standard InChI is InChI=1S/C23H19ClN4O4/c1-28-12-11-19(27-28)22(29)25-15-5-4-6-16(13-15)26-23(30)21-10-9-17(32-21)14-31-20-8-3-2-7-18(20)24/h2-13H,14H2,1H3,(H,25,29)(H,26,30). The van der Waals surface area contributed by atoms with Crippen LogP contribution >= 0.6 is 11.6 Å². The van der Waals surface area contributed by atoms with Crippen molar-refractivity contribution in [2.75, 3.05) is 10.6 Å². The molecular weight excluding hydrogens is 432 g/mol. The molecular formula is C23H19ClN4O4. The first kappa shape index (κ1) is 21.2. The van der Waals surface area contributed by atoms with Gasteiger partial charge in [-0.1, -0.05) is 29.8 Å². The summed E-state index contributed by atoms with van der Waals surface area (Å²) in [4.78, 5) is 24.8. The number of carbonyl (C=O) groups excluding carboxylic acids is 2. The van der Waals surface area contributed by atoms with Crippen LogP contribution in [-0.4, -0.2) is 21.6 Å². The SMILES string of the molecule is Cn1ccc(C(=O)Nc2cccc(NC(=O)c3ccc(COc4ccccc4Cl)o3)c2)n1. The van der Waals surface area contributed by atoms with Gasteiger partial charge in [-0.2, -0.15) is 5.10 Å². The van der Waals surface area contributed by atoms with E-state index in [1.807, 2.05) is 12.1 Å². The summed E-state index contributed by atoms with van der Waals surface area (Å²) in [7, 11) is 1.73. The Morgan fingerprint density at radius 1 is 1.00 bits per heavy atom. The monoisotopic (exact) mass is 450 g/mol. The Kier molecular flexibility index (Phi) is 6.23. The quantitative estimate of drug-likeness (QED) is 0.423. The second-order valence-electron chi connectivity index (χ2n) is 6.85. The number of carbonyl (C=O) groups is 2. The summed E-state index contributed by atoms with van der Waals surface area (Å²) in [6.07, 6.45) is 1.68. The highest BCUT2D eigenvalue weighted by atomic mass is 35.5. The number of hydrogen-bond donors (Lipinski definition) is 2. The molecule has 0 fully saturated rings. The van der Waals surface area contributed by atoms with Gasteiger partial charge in [0, 0.05) is 24.6 Å². The number of benzene rings is 2. The Hall–Kier alpha value is -4.04. The molecule has 0 unspecified atom stereocenters. The average Bonchev–Trinajstić information content (AvgIpc) is 3.43. The van der Waals surface area contributed by atoms with Gasteiger partial charge in [-0.05, 0) is 48.5 Å². The van der Waals surface area contributed by atoms with Crippen LogP contribution in [0.1, 0.15) is 26.8 Å². The lowest BCUT2D eigenvalue weighted by Crippen LogP contribution is -2.14. The molecule has 0 bridgehead atoms. The molecule has 0 radical (unpaired) electrons. The molecule has 0 atom stereocenters. The third-order valence-corrected chi connectivity index (χ3v) is 4.73. The predicted octanol–water partition coefficient (Wildman–Crippen LogP) is 4.75. The first-order chi connectivity index (χ1) is 15.5. The van der Waals surface area contributed by atoms with E-state index in [0.29, 0.717) is 33.6 Å². The fraction of sp³-hybridized carbons (Fsp3) is 0.0870. The summed E-state index contributed by atoms with van der Waals surface area (Å²) in [5.41, 5.74) is 1.31. The third kappa shape index (κ3) is 5.16. The number of ether oxygens (including phenoxy) is 1. The Balaban J connectivity index is 1.36. The summed E-state index contributed by atoms with van der Waals surface area (Å²) >= 11 is 6.07. The molecule has 8 nitrogen and oxygen atoms in total. The molecule has 2 N–H and O–H groups in total. The van der Waals surface area contributed by atoms with Crippen molar-refractivity contribution in [1.29, 1.82) is 0 Å². The fourth-order valence-corrected chi connectivity index (χ4v) is 3.08. The number of halogens is 1. The lowest BCUT2D eigenvalue weighted by Gasteiger charge is -2.08. The zero-order valence-electron chi connectivity index (χ0n) is 17.0. The van der Waals surface area contributed by atoms with E-state index in [1.165, 1.54) is 0 Å². The smallest absolute Gasteiger partial charge is 0.291 e. The van der Waals surface area contributed by atoms with Gasteiger partial charge in [-0.25, -0.2) is 0 Å². The van der Waals surface area contributed by atoms with Crippen molar-refractivity contribution in [3.63, 3.8) is 0 Å². The second kappa shape index (κ2) is 9.40. The van der Waals surface area contributed by atoms with Crippen LogP contribution in [0.3, 0.4) is 0 Å². The van der Waals surface area contributed by atoms with Gasteiger partial charge < -0.3 is 19.8 Å². The van der Waals surface area contributed by atoms with Gasteiger partial charge in [0.15, 0.2) is 11.5 Å². The molecule has 4 rings (SSSR count). The molecule has 4 aromatic rings. The third-order valence-electron chi connectivity index (χ3n) is 4.42. The number of hydrogen-bond acceptors (Lipinski definition) is 5. The topological polar surface area (TPSA) is 98.4 Å². The van der Waals surface area contributed by atoms with E-state index in [-0.39, 0.29) is 18.3 Å². The predicted molar refractivity (Wildman–Crippen MR) is 120 cm³/mol. The molecule has 2 heterocycles. The molecule has 0 aliphatic rings. The highest BCUT2D eigenvalue weighted by Crippen LogP contribution is 2.24. The number of furan rings is 1. The van der Waals surface area contributed by atoms with Crippen molar-refractivity contribution in [3.8, 4) is 5.75 Å². The fourth-order valence-electron chi connectivity index (χ4n) is 2.89. The van der Waals surface area contributed by atoms with Crippen LogP contribution in [0.15, 0.2) is 77.3 Å². The van der Waals surface area contributed by atoms with Gasteiger partial charge in [0.1, 0.15) is 18.1 Å². The zero-order chi connectivity index (χ0) is 22.5. The number of amides is 2. The van der Waals surface area contributed by atoms with Gasteiger partial charge >= 0.3 is 0 Å². The van der Waals surface area contributed by atoms with Gasteiger partial charge in [-0.3, -0.25) is 14.3 Å². The lowest BCUT2D eigenvalue weighted by atomic mass is 10.2. The van der Waals surface area contributed by atoms with Gasteiger partial charge in [-0.15, -0.1) is 0 Å². The molecule has 2 aromatic carbocycles. The van der Waals surface area contributed by atoms with Crippen LogP contribution in [0.2, 0.25) is 5.02 Å². The number of rotatable bonds is 7. The molecule has 0 aliphatic heterocycles. The summed E-state index contributed by atoms with van der Waals surface area (Å²) < 4.78 is 12.7. The van der Waals surface area contributed by atoms with Crippen LogP contribution in [0.4, 0.5) is 11.4 Å². The zero-order valence-corrected chi connectivity index (χ0v) is 17.8. The van der Waals surface area contributed by atoms with Gasteiger partial charge in [0.05, 0.1) is 5.02 Å². The number of aryl methyl sites for hydroxylation is 1. The molecule has 0 aliphatic carbocycles. The highest BCUT2D eigenvalue weighted by Gasteiger charge is 2.14. The summed E-state index contributed by atoms with van der Waals surface area (Å²) in [6, 6.07) is 18.7. The summed E-state index contributed by atoms with van der Waals surface area (Å²) in [6.45, 7) is 0.131. The molecule has 2 amide bonds. The Labute approximate surface area is 188 Å². The molecule has 9 heteroatoms. The first-order valence-corrected chi connectivity index (χ1v) is 10.0. The maximum atomic E-state index is 12.5. The summed E-state index contributed by atoms with van der Waals surface area (Å²) in [5, 5.41) is 10.1. The minimum Gasteiger partial charge on any atom is -0.484 e. The van der Waals surface area contributed by atoms with E-state index in [2.05, 4.69) is 15.7 Å². The van der Waals surface area contributed by atoms with Crippen molar-refractivity contribution >= 4 is 34.8 Å². The molecule has 0 spiro atoms. The minimum atomic E-state index is -0.429. The molecule has 0 saturated carbocycles. The van der Waals surface area contributed by atoms with Crippen LogP contribution in [0.5, 0.6) is 5.75 Å². The second-order valence-corrected chi connectivity index (χ2v) is 7.26. The van der Waals surface area contributed by atoms with Gasteiger partial charge in [0.25, 0.3) is 11.8 Å². The number of anilines is 2. The summed E-state index contributed by atoms with van der Waals surface area (Å²) in [5.74, 6) is 0.365. The Morgan fingerprint density at radius 2 is 1.75 bits per heavy atom. The van der Waals surface area contributed by atoms with E-state index < -0.39 is 5.91 Å². The van der Waals surface area contributed by atoms with Crippen LogP contribution < -0.4 is 15.4 Å². The largest absolute Gasteiger partial charge is 0.484 e. The van der Waals surface area contributed by atoms with Crippen LogP contribution in [0.25, 0.3) is 0 Å². The van der Waals surface area contributed by atoms with Crippen LogP contribution in [0, 0.1) is 0 Å². The number of nitrogens with one attached hydrogen (secondary N) is 2. The molecule has 0 saturated heterocycles. The molecule has 162 valence electrons. The average molecular weight is 451 g/mol. The maximum absolute atomic E-state index is 12.5.